The van der Waals surface area contributed by atoms with Gasteiger partial charge < -0.3 is 0 Å². The van der Waals surface area contributed by atoms with Crippen LogP contribution < -0.4 is 0 Å². The van der Waals surface area contributed by atoms with Gasteiger partial charge in [-0.05, 0) is 51.0 Å². The fraction of sp³-hybridized carbons (Fsp3) is 0.714. The zero-order chi connectivity index (χ0) is 12.0. The summed E-state index contributed by atoms with van der Waals surface area (Å²) in [5.41, 5.74) is 0.935. The second-order valence-corrected chi connectivity index (χ2v) is 5.95. The van der Waals surface area contributed by atoms with E-state index in [4.69, 9.17) is 0 Å². The molecule has 3 heteroatoms. The maximum Gasteiger partial charge on any atom is 0.141 e. The molecular weight excluding hydrogens is 212 g/mol. The molecule has 0 bridgehead atoms. The quantitative estimate of drug-likeness (QED) is 0.800. The van der Waals surface area contributed by atoms with Gasteiger partial charge in [-0.15, -0.1) is 0 Å². The van der Waals surface area contributed by atoms with Crippen LogP contribution in [0.3, 0.4) is 0 Å². The number of hydrogen-bond acceptors (Lipinski definition) is 2. The third-order valence-electron chi connectivity index (χ3n) is 4.25. The molecule has 17 heavy (non-hydrogen) atoms. The van der Waals surface area contributed by atoms with E-state index in [0.29, 0.717) is 24.2 Å². The van der Waals surface area contributed by atoms with Crippen LogP contribution in [0.1, 0.15) is 44.8 Å². The van der Waals surface area contributed by atoms with Crippen molar-refractivity contribution in [1.29, 1.82) is 0 Å². The molecule has 0 spiro atoms. The van der Waals surface area contributed by atoms with Crippen molar-refractivity contribution < 1.29 is 4.79 Å². The Morgan fingerprint density at radius 3 is 2.71 bits per heavy atom. The van der Waals surface area contributed by atoms with Crippen LogP contribution in [0, 0.1) is 17.8 Å². The lowest BCUT2D eigenvalue weighted by molar-refractivity contribution is -0.122. The molecule has 1 heterocycles. The van der Waals surface area contributed by atoms with Crippen LogP contribution in [-0.2, 0) is 11.2 Å². The van der Waals surface area contributed by atoms with Crippen molar-refractivity contribution in [2.24, 2.45) is 17.8 Å². The molecule has 3 nitrogen and oxygen atoms in total. The number of Topliss-reactive ketones (excluding diaryl/α,β-unsaturated/α-hetero) is 1. The highest BCUT2D eigenvalue weighted by Crippen LogP contribution is 2.54. The summed E-state index contributed by atoms with van der Waals surface area (Å²) in [6.07, 6.45) is 6.18. The van der Waals surface area contributed by atoms with Gasteiger partial charge in [-0.1, -0.05) is 0 Å². The molecule has 1 aromatic heterocycles. The number of ketones is 1. The van der Waals surface area contributed by atoms with Gasteiger partial charge in [0.2, 0.25) is 0 Å². The molecule has 92 valence electrons. The maximum atomic E-state index is 12.1. The standard InChI is InChI=1S/C14H20N2O/c1-9(2)16-4-3-13(15-16)8-14(17)12-6-10-5-11(10)7-12/h3-4,9-12H,5-8H2,1-2H3. The summed E-state index contributed by atoms with van der Waals surface area (Å²) in [4.78, 5) is 12.1. The summed E-state index contributed by atoms with van der Waals surface area (Å²) >= 11 is 0. The van der Waals surface area contributed by atoms with Gasteiger partial charge in [0.25, 0.3) is 0 Å². The molecule has 2 atom stereocenters. The Bertz CT molecular complexity index is 425. The number of nitrogens with zero attached hydrogens (tertiary/aromatic N) is 2. The minimum Gasteiger partial charge on any atom is -0.299 e. The molecule has 2 aliphatic rings. The summed E-state index contributed by atoms with van der Waals surface area (Å²) < 4.78 is 1.93. The predicted octanol–water partition coefficient (Wildman–Crippen LogP) is 2.62. The van der Waals surface area contributed by atoms with E-state index in [0.717, 1.165) is 30.4 Å². The Morgan fingerprint density at radius 1 is 1.41 bits per heavy atom. The Balaban J connectivity index is 1.60. The Morgan fingerprint density at radius 2 is 2.12 bits per heavy atom. The smallest absolute Gasteiger partial charge is 0.141 e. The van der Waals surface area contributed by atoms with Crippen molar-refractivity contribution in [1.82, 2.24) is 9.78 Å². The van der Waals surface area contributed by atoms with Crippen molar-refractivity contribution in [2.75, 3.05) is 0 Å². The molecule has 2 unspecified atom stereocenters. The molecule has 0 aromatic carbocycles. The molecule has 2 saturated carbocycles. The molecular formula is C14H20N2O. The normalized spacial score (nSPS) is 30.6. The van der Waals surface area contributed by atoms with Crippen LogP contribution in [0.4, 0.5) is 0 Å². The van der Waals surface area contributed by atoms with Crippen molar-refractivity contribution >= 4 is 5.78 Å². The molecule has 2 aliphatic carbocycles. The van der Waals surface area contributed by atoms with Gasteiger partial charge in [-0.25, -0.2) is 0 Å². The van der Waals surface area contributed by atoms with E-state index in [-0.39, 0.29) is 0 Å². The Labute approximate surface area is 102 Å². The zero-order valence-corrected chi connectivity index (χ0v) is 10.6. The van der Waals surface area contributed by atoms with Crippen molar-refractivity contribution in [3.8, 4) is 0 Å². The van der Waals surface area contributed by atoms with Crippen molar-refractivity contribution in [3.63, 3.8) is 0 Å². The summed E-state index contributed by atoms with van der Waals surface area (Å²) in [5.74, 6) is 2.52. The SMILES string of the molecule is CC(C)n1ccc(CC(=O)C2CC3CC3C2)n1. The van der Waals surface area contributed by atoms with E-state index in [2.05, 4.69) is 18.9 Å². The monoisotopic (exact) mass is 232 g/mol. The van der Waals surface area contributed by atoms with Crippen molar-refractivity contribution in [2.45, 2.75) is 45.6 Å². The number of carbonyl (C=O) groups is 1. The highest BCUT2D eigenvalue weighted by Gasteiger charge is 2.47. The summed E-state index contributed by atoms with van der Waals surface area (Å²) in [5, 5.41) is 4.45. The second kappa shape index (κ2) is 3.97. The number of hydrogen-bond donors (Lipinski definition) is 0. The van der Waals surface area contributed by atoms with Gasteiger partial charge in [-0.3, -0.25) is 9.48 Å². The largest absolute Gasteiger partial charge is 0.299 e. The fourth-order valence-corrected chi connectivity index (χ4v) is 3.06. The minimum absolute atomic E-state index is 0.336. The number of fused-ring (bicyclic) bond motifs is 1. The molecule has 1 aromatic rings. The van der Waals surface area contributed by atoms with Gasteiger partial charge >= 0.3 is 0 Å². The first-order valence-corrected chi connectivity index (χ1v) is 6.70. The van der Waals surface area contributed by atoms with Crippen LogP contribution in [0.25, 0.3) is 0 Å². The molecule has 0 N–H and O–H groups in total. The second-order valence-electron chi connectivity index (χ2n) is 5.95. The summed E-state index contributed by atoms with van der Waals surface area (Å²) in [7, 11) is 0. The van der Waals surface area contributed by atoms with E-state index in [9.17, 15) is 4.79 Å². The van der Waals surface area contributed by atoms with Gasteiger partial charge in [0.15, 0.2) is 0 Å². The van der Waals surface area contributed by atoms with Crippen molar-refractivity contribution in [3.05, 3.63) is 18.0 Å². The third kappa shape index (κ3) is 2.15. The number of carbonyl (C=O) groups excluding carboxylic acids is 1. The first-order valence-electron chi connectivity index (χ1n) is 6.70. The lowest BCUT2D eigenvalue weighted by Gasteiger charge is -2.09. The highest BCUT2D eigenvalue weighted by molar-refractivity contribution is 5.83. The molecule has 0 aliphatic heterocycles. The topological polar surface area (TPSA) is 34.9 Å². The van der Waals surface area contributed by atoms with E-state index in [1.54, 1.807) is 0 Å². The summed E-state index contributed by atoms with van der Waals surface area (Å²) in [6, 6.07) is 2.35. The first-order chi connectivity index (χ1) is 8.13. The van der Waals surface area contributed by atoms with Crippen LogP contribution in [-0.4, -0.2) is 15.6 Å². The number of aromatic nitrogens is 2. The zero-order valence-electron chi connectivity index (χ0n) is 10.6. The van der Waals surface area contributed by atoms with Gasteiger partial charge in [0.05, 0.1) is 12.1 Å². The van der Waals surface area contributed by atoms with E-state index in [1.165, 1.54) is 6.42 Å². The van der Waals surface area contributed by atoms with E-state index < -0.39 is 0 Å². The molecule has 0 amide bonds. The lowest BCUT2D eigenvalue weighted by Crippen LogP contribution is -2.16. The molecule has 2 fully saturated rings. The Hall–Kier alpha value is -1.12. The molecule has 0 saturated heterocycles. The van der Waals surface area contributed by atoms with E-state index in [1.807, 2.05) is 16.9 Å². The average Bonchev–Trinajstić information content (AvgIpc) is 2.75. The average molecular weight is 232 g/mol. The van der Waals surface area contributed by atoms with Crippen LogP contribution in [0.2, 0.25) is 0 Å². The minimum atomic E-state index is 0.336. The Kier molecular flexibility index (Phi) is 2.57. The third-order valence-corrected chi connectivity index (χ3v) is 4.25. The van der Waals surface area contributed by atoms with Crippen LogP contribution in [0.5, 0.6) is 0 Å². The predicted molar refractivity (Wildman–Crippen MR) is 65.6 cm³/mol. The van der Waals surface area contributed by atoms with Gasteiger partial charge in [0.1, 0.15) is 5.78 Å². The molecule has 3 rings (SSSR count). The van der Waals surface area contributed by atoms with Gasteiger partial charge in [0, 0.05) is 18.2 Å². The van der Waals surface area contributed by atoms with Crippen LogP contribution in [0.15, 0.2) is 12.3 Å². The fourth-order valence-electron chi connectivity index (χ4n) is 3.06. The highest BCUT2D eigenvalue weighted by atomic mass is 16.1. The summed E-state index contributed by atoms with van der Waals surface area (Å²) in [6.45, 7) is 4.20. The maximum absolute atomic E-state index is 12.1. The van der Waals surface area contributed by atoms with Crippen LogP contribution >= 0.6 is 0 Å². The lowest BCUT2D eigenvalue weighted by atomic mass is 9.95. The number of rotatable bonds is 4. The first kappa shape index (κ1) is 11.0. The van der Waals surface area contributed by atoms with E-state index >= 15 is 0 Å². The van der Waals surface area contributed by atoms with Gasteiger partial charge in [-0.2, -0.15) is 5.10 Å². The molecule has 0 radical (unpaired) electrons.